The maximum Gasteiger partial charge on any atom is 0.0198 e. The Morgan fingerprint density at radius 2 is 2.00 bits per heavy atom. The van der Waals surface area contributed by atoms with E-state index in [4.69, 9.17) is 0 Å². The summed E-state index contributed by atoms with van der Waals surface area (Å²) in [6, 6.07) is 0.735. The predicted octanol–water partition coefficient (Wildman–Crippen LogP) is 3.52. The largest absolute Gasteiger partial charge is 0.313 e. The lowest BCUT2D eigenvalue weighted by Crippen LogP contribution is -2.49. The molecule has 1 aliphatic heterocycles. The molecule has 0 amide bonds. The highest BCUT2D eigenvalue weighted by Gasteiger charge is 2.25. The summed E-state index contributed by atoms with van der Waals surface area (Å²) in [5.41, 5.74) is 0. The number of likely N-dealkylation sites (tertiary alicyclic amines) is 1. The van der Waals surface area contributed by atoms with Gasteiger partial charge < -0.3 is 10.2 Å². The lowest BCUT2D eigenvalue weighted by molar-refractivity contribution is 0.136. The van der Waals surface area contributed by atoms with E-state index in [0.717, 1.165) is 17.9 Å². The summed E-state index contributed by atoms with van der Waals surface area (Å²) >= 11 is 0. The maximum atomic E-state index is 3.78. The Kier molecular flexibility index (Phi) is 7.92. The van der Waals surface area contributed by atoms with E-state index in [1.54, 1.807) is 0 Å². The second-order valence-electron chi connectivity index (χ2n) is 6.46. The molecule has 0 aromatic heterocycles. The molecule has 1 rings (SSSR count). The summed E-state index contributed by atoms with van der Waals surface area (Å²) in [6.45, 7) is 14.4. The van der Waals surface area contributed by atoms with Gasteiger partial charge in [-0.2, -0.15) is 0 Å². The molecule has 2 atom stereocenters. The standard InChI is InChI=1S/C16H34N2/c1-5-7-10-18-12-15(6-2)11-16(13-18)17-9-8-14(3)4/h14-17H,5-13H2,1-4H3. The molecule has 0 aliphatic carbocycles. The number of nitrogens with one attached hydrogen (secondary N) is 1. The summed E-state index contributed by atoms with van der Waals surface area (Å²) in [7, 11) is 0. The fourth-order valence-electron chi connectivity index (χ4n) is 2.89. The lowest BCUT2D eigenvalue weighted by Gasteiger charge is -2.38. The van der Waals surface area contributed by atoms with Crippen molar-refractivity contribution in [2.45, 2.75) is 65.8 Å². The van der Waals surface area contributed by atoms with Gasteiger partial charge >= 0.3 is 0 Å². The highest BCUT2D eigenvalue weighted by atomic mass is 15.2. The summed E-state index contributed by atoms with van der Waals surface area (Å²) in [5, 5.41) is 3.78. The molecule has 0 saturated carbocycles. The number of rotatable bonds is 8. The third-order valence-corrected chi connectivity index (χ3v) is 4.17. The van der Waals surface area contributed by atoms with E-state index in [2.05, 4.69) is 37.9 Å². The molecule has 0 radical (unpaired) electrons. The van der Waals surface area contributed by atoms with Crippen LogP contribution in [0.4, 0.5) is 0 Å². The van der Waals surface area contributed by atoms with Crippen molar-refractivity contribution < 1.29 is 0 Å². The van der Waals surface area contributed by atoms with Gasteiger partial charge in [-0.05, 0) is 44.2 Å². The zero-order valence-electron chi connectivity index (χ0n) is 13.0. The molecule has 1 aliphatic rings. The van der Waals surface area contributed by atoms with Crippen molar-refractivity contribution >= 4 is 0 Å². The zero-order chi connectivity index (χ0) is 13.4. The number of hydrogen-bond acceptors (Lipinski definition) is 2. The molecule has 0 aromatic rings. The Labute approximate surface area is 115 Å². The number of piperidine rings is 1. The van der Waals surface area contributed by atoms with Crippen molar-refractivity contribution in [1.29, 1.82) is 0 Å². The van der Waals surface area contributed by atoms with Gasteiger partial charge in [0.15, 0.2) is 0 Å². The third-order valence-electron chi connectivity index (χ3n) is 4.17. The van der Waals surface area contributed by atoms with Crippen LogP contribution in [0.25, 0.3) is 0 Å². The van der Waals surface area contributed by atoms with E-state index in [-0.39, 0.29) is 0 Å². The van der Waals surface area contributed by atoms with Gasteiger partial charge in [-0.3, -0.25) is 0 Å². The van der Waals surface area contributed by atoms with Crippen molar-refractivity contribution in [3.05, 3.63) is 0 Å². The average Bonchev–Trinajstić information content (AvgIpc) is 2.35. The minimum Gasteiger partial charge on any atom is -0.313 e. The van der Waals surface area contributed by atoms with Gasteiger partial charge in [-0.15, -0.1) is 0 Å². The molecule has 108 valence electrons. The summed E-state index contributed by atoms with van der Waals surface area (Å²) in [6.07, 6.45) is 6.71. The minimum atomic E-state index is 0.735. The van der Waals surface area contributed by atoms with E-state index >= 15 is 0 Å². The predicted molar refractivity (Wildman–Crippen MR) is 81.0 cm³/mol. The molecule has 1 N–H and O–H groups in total. The Hall–Kier alpha value is -0.0800. The van der Waals surface area contributed by atoms with E-state index < -0.39 is 0 Å². The first kappa shape index (κ1) is 16.0. The number of unbranched alkanes of at least 4 members (excludes halogenated alkanes) is 1. The van der Waals surface area contributed by atoms with Crippen LogP contribution in [0.2, 0.25) is 0 Å². The fourth-order valence-corrected chi connectivity index (χ4v) is 2.89. The average molecular weight is 254 g/mol. The van der Waals surface area contributed by atoms with Gasteiger partial charge in [0.1, 0.15) is 0 Å². The monoisotopic (exact) mass is 254 g/mol. The molecule has 2 nitrogen and oxygen atoms in total. The number of nitrogens with zero attached hydrogens (tertiary/aromatic N) is 1. The van der Waals surface area contributed by atoms with Gasteiger partial charge in [0.05, 0.1) is 0 Å². The van der Waals surface area contributed by atoms with Gasteiger partial charge in [0, 0.05) is 19.1 Å². The zero-order valence-corrected chi connectivity index (χ0v) is 13.0. The maximum absolute atomic E-state index is 3.78. The van der Waals surface area contributed by atoms with E-state index in [0.29, 0.717) is 0 Å². The molecule has 2 heteroatoms. The minimum absolute atomic E-state index is 0.735. The molecule has 2 unspecified atom stereocenters. The summed E-state index contributed by atoms with van der Waals surface area (Å²) in [5.74, 6) is 1.73. The Balaban J connectivity index is 2.31. The Morgan fingerprint density at radius 3 is 2.61 bits per heavy atom. The summed E-state index contributed by atoms with van der Waals surface area (Å²) < 4.78 is 0. The van der Waals surface area contributed by atoms with Crippen molar-refractivity contribution in [2.75, 3.05) is 26.2 Å². The topological polar surface area (TPSA) is 15.3 Å². The van der Waals surface area contributed by atoms with Crippen LogP contribution >= 0.6 is 0 Å². The van der Waals surface area contributed by atoms with Gasteiger partial charge in [-0.25, -0.2) is 0 Å². The Bertz CT molecular complexity index is 203. The van der Waals surface area contributed by atoms with Crippen LogP contribution < -0.4 is 5.32 Å². The van der Waals surface area contributed by atoms with Crippen LogP contribution in [0, 0.1) is 11.8 Å². The van der Waals surface area contributed by atoms with Crippen LogP contribution in [0.1, 0.15) is 59.8 Å². The van der Waals surface area contributed by atoms with Crippen LogP contribution in [0.5, 0.6) is 0 Å². The van der Waals surface area contributed by atoms with E-state index in [1.165, 1.54) is 58.3 Å². The third kappa shape index (κ3) is 6.19. The van der Waals surface area contributed by atoms with Crippen LogP contribution in [0.15, 0.2) is 0 Å². The first-order valence-electron chi connectivity index (χ1n) is 8.11. The molecule has 0 bridgehead atoms. The highest BCUT2D eigenvalue weighted by Crippen LogP contribution is 2.20. The fraction of sp³-hybridized carbons (Fsp3) is 1.00. The normalized spacial score (nSPS) is 25.8. The lowest BCUT2D eigenvalue weighted by atomic mass is 9.91. The molecular weight excluding hydrogens is 220 g/mol. The molecule has 0 spiro atoms. The first-order chi connectivity index (χ1) is 8.65. The van der Waals surface area contributed by atoms with E-state index in [9.17, 15) is 0 Å². The van der Waals surface area contributed by atoms with Gasteiger partial charge in [0.25, 0.3) is 0 Å². The van der Waals surface area contributed by atoms with Crippen molar-refractivity contribution in [3.63, 3.8) is 0 Å². The van der Waals surface area contributed by atoms with Gasteiger partial charge in [-0.1, -0.05) is 40.5 Å². The quantitative estimate of drug-likeness (QED) is 0.713. The molecular formula is C16H34N2. The summed E-state index contributed by atoms with van der Waals surface area (Å²) in [4.78, 5) is 2.69. The Morgan fingerprint density at radius 1 is 1.22 bits per heavy atom. The van der Waals surface area contributed by atoms with Crippen LogP contribution in [-0.2, 0) is 0 Å². The van der Waals surface area contributed by atoms with Crippen molar-refractivity contribution in [2.24, 2.45) is 11.8 Å². The van der Waals surface area contributed by atoms with E-state index in [1.807, 2.05) is 0 Å². The molecule has 1 saturated heterocycles. The first-order valence-corrected chi connectivity index (χ1v) is 8.11. The molecule has 0 aromatic carbocycles. The van der Waals surface area contributed by atoms with Crippen molar-refractivity contribution in [3.8, 4) is 0 Å². The molecule has 18 heavy (non-hydrogen) atoms. The molecule has 1 heterocycles. The van der Waals surface area contributed by atoms with Crippen LogP contribution in [-0.4, -0.2) is 37.1 Å². The second-order valence-corrected chi connectivity index (χ2v) is 6.46. The number of hydrogen-bond donors (Lipinski definition) is 1. The smallest absolute Gasteiger partial charge is 0.0198 e. The molecule has 1 fully saturated rings. The SMILES string of the molecule is CCCCN1CC(CC)CC(NCCC(C)C)C1. The highest BCUT2D eigenvalue weighted by molar-refractivity contribution is 4.83. The van der Waals surface area contributed by atoms with Crippen molar-refractivity contribution in [1.82, 2.24) is 10.2 Å². The van der Waals surface area contributed by atoms with Crippen LogP contribution in [0.3, 0.4) is 0 Å². The van der Waals surface area contributed by atoms with Gasteiger partial charge in [0.2, 0.25) is 0 Å². The second kappa shape index (κ2) is 8.92.